The zero-order valence-electron chi connectivity index (χ0n) is 13.0. The Morgan fingerprint density at radius 1 is 1.17 bits per heavy atom. The van der Waals surface area contributed by atoms with Gasteiger partial charge in [0.15, 0.2) is 0 Å². The first-order chi connectivity index (χ1) is 11.6. The molecule has 122 valence electrons. The number of benzene rings is 1. The molecule has 7 nitrogen and oxygen atoms in total. The number of methoxy groups -OCH3 is 1. The molecular weight excluding hydrogens is 310 g/mol. The van der Waals surface area contributed by atoms with Gasteiger partial charge in [0, 0.05) is 24.8 Å². The van der Waals surface area contributed by atoms with Crippen molar-refractivity contribution in [2.75, 3.05) is 20.2 Å². The van der Waals surface area contributed by atoms with Crippen LogP contribution in [0.3, 0.4) is 0 Å². The molecule has 2 aromatic rings. The topological polar surface area (TPSA) is 88.6 Å². The van der Waals surface area contributed by atoms with Gasteiger partial charge in [-0.25, -0.2) is 0 Å². The summed E-state index contributed by atoms with van der Waals surface area (Å²) >= 11 is 0. The molecule has 0 saturated heterocycles. The Morgan fingerprint density at radius 3 is 2.58 bits per heavy atom. The van der Waals surface area contributed by atoms with E-state index in [1.165, 1.54) is 6.20 Å². The lowest BCUT2D eigenvalue weighted by Gasteiger charge is -2.14. The van der Waals surface area contributed by atoms with Gasteiger partial charge in [0.2, 0.25) is 0 Å². The minimum Gasteiger partial charge on any atom is -0.497 e. The number of carbonyl (C=O) groups is 3. The van der Waals surface area contributed by atoms with Crippen molar-refractivity contribution in [3.8, 4) is 5.75 Å². The number of nitrogens with one attached hydrogen (secondary N) is 1. The second-order valence-corrected chi connectivity index (χ2v) is 5.15. The smallest absolute Gasteiger partial charge is 0.280 e. The van der Waals surface area contributed by atoms with E-state index in [0.717, 1.165) is 4.90 Å². The molecule has 0 radical (unpaired) electrons. The molecule has 0 fully saturated rings. The van der Waals surface area contributed by atoms with Gasteiger partial charge in [0.05, 0.1) is 12.7 Å². The lowest BCUT2D eigenvalue weighted by atomic mass is 10.2. The fourth-order valence-corrected chi connectivity index (χ4v) is 2.44. The summed E-state index contributed by atoms with van der Waals surface area (Å²) in [6.45, 7) is 0.256. The van der Waals surface area contributed by atoms with Crippen molar-refractivity contribution in [3.63, 3.8) is 0 Å². The summed E-state index contributed by atoms with van der Waals surface area (Å²) in [5.74, 6) is -0.450. The predicted octanol–water partition coefficient (Wildman–Crippen LogP) is 1.12. The van der Waals surface area contributed by atoms with E-state index in [1.54, 1.807) is 43.5 Å². The normalized spacial score (nSPS) is 13.0. The van der Waals surface area contributed by atoms with Crippen LogP contribution >= 0.6 is 0 Å². The fraction of sp³-hybridized carbons (Fsp3) is 0.176. The summed E-state index contributed by atoms with van der Waals surface area (Å²) < 4.78 is 5.03. The Kier molecular flexibility index (Phi) is 4.24. The number of fused-ring (bicyclic) bond motifs is 1. The van der Waals surface area contributed by atoms with Gasteiger partial charge in [-0.2, -0.15) is 0 Å². The number of hydrogen-bond donors (Lipinski definition) is 1. The SMILES string of the molecule is COc1ccc(C(=O)NCCN2C(=O)c3cccnc3C2=O)cc1. The number of amides is 3. The van der Waals surface area contributed by atoms with Crippen molar-refractivity contribution in [2.45, 2.75) is 0 Å². The van der Waals surface area contributed by atoms with Crippen LogP contribution in [0.1, 0.15) is 31.2 Å². The van der Waals surface area contributed by atoms with Crippen LogP contribution in [0.4, 0.5) is 0 Å². The molecule has 0 bridgehead atoms. The van der Waals surface area contributed by atoms with E-state index in [4.69, 9.17) is 4.74 Å². The zero-order valence-corrected chi connectivity index (χ0v) is 13.0. The van der Waals surface area contributed by atoms with Gasteiger partial charge in [-0.1, -0.05) is 0 Å². The number of rotatable bonds is 5. The summed E-state index contributed by atoms with van der Waals surface area (Å²) in [7, 11) is 1.55. The number of hydrogen-bond acceptors (Lipinski definition) is 5. The Hall–Kier alpha value is -3.22. The maximum Gasteiger partial charge on any atom is 0.280 e. The summed E-state index contributed by atoms with van der Waals surface area (Å²) in [5.41, 5.74) is 0.924. The lowest BCUT2D eigenvalue weighted by Crippen LogP contribution is -2.38. The molecule has 0 saturated carbocycles. The lowest BCUT2D eigenvalue weighted by molar-refractivity contribution is 0.0648. The van der Waals surface area contributed by atoms with Gasteiger partial charge in [-0.3, -0.25) is 24.3 Å². The molecule has 7 heteroatoms. The molecule has 1 aliphatic rings. The summed E-state index contributed by atoms with van der Waals surface area (Å²) in [6, 6.07) is 9.83. The first-order valence-corrected chi connectivity index (χ1v) is 7.35. The van der Waals surface area contributed by atoms with Crippen LogP contribution < -0.4 is 10.1 Å². The van der Waals surface area contributed by atoms with Crippen LogP contribution in [0.2, 0.25) is 0 Å². The maximum atomic E-state index is 12.2. The molecule has 0 unspecified atom stereocenters. The van der Waals surface area contributed by atoms with E-state index in [9.17, 15) is 14.4 Å². The molecule has 0 atom stereocenters. The average molecular weight is 325 g/mol. The number of nitrogens with zero attached hydrogens (tertiary/aromatic N) is 2. The summed E-state index contributed by atoms with van der Waals surface area (Å²) in [5, 5.41) is 2.68. The predicted molar refractivity (Wildman–Crippen MR) is 84.9 cm³/mol. The van der Waals surface area contributed by atoms with Gasteiger partial charge in [0.1, 0.15) is 11.4 Å². The highest BCUT2D eigenvalue weighted by molar-refractivity contribution is 6.20. The molecule has 3 rings (SSSR count). The van der Waals surface area contributed by atoms with Crippen molar-refractivity contribution >= 4 is 17.7 Å². The molecule has 1 aromatic carbocycles. The van der Waals surface area contributed by atoms with Crippen LogP contribution in [0.15, 0.2) is 42.6 Å². The van der Waals surface area contributed by atoms with Gasteiger partial charge in [-0.05, 0) is 36.4 Å². The van der Waals surface area contributed by atoms with E-state index in [2.05, 4.69) is 10.3 Å². The third-order valence-electron chi connectivity index (χ3n) is 3.70. The maximum absolute atomic E-state index is 12.2. The minimum atomic E-state index is -0.436. The van der Waals surface area contributed by atoms with Crippen LogP contribution in [-0.2, 0) is 0 Å². The molecule has 0 aliphatic carbocycles. The Balaban J connectivity index is 1.58. The van der Waals surface area contributed by atoms with E-state index < -0.39 is 5.91 Å². The molecule has 1 aliphatic heterocycles. The largest absolute Gasteiger partial charge is 0.497 e. The van der Waals surface area contributed by atoms with Crippen molar-refractivity contribution in [3.05, 3.63) is 59.4 Å². The average Bonchev–Trinajstić information content (AvgIpc) is 2.87. The minimum absolute atomic E-state index is 0.0932. The molecule has 2 heterocycles. The molecule has 24 heavy (non-hydrogen) atoms. The Labute approximate surface area is 138 Å². The highest BCUT2D eigenvalue weighted by atomic mass is 16.5. The van der Waals surface area contributed by atoms with Crippen LogP contribution in [0, 0.1) is 0 Å². The van der Waals surface area contributed by atoms with Crippen molar-refractivity contribution in [1.82, 2.24) is 15.2 Å². The molecular formula is C17H15N3O4. The zero-order chi connectivity index (χ0) is 17.1. The van der Waals surface area contributed by atoms with E-state index in [0.29, 0.717) is 16.9 Å². The second kappa shape index (κ2) is 6.49. The van der Waals surface area contributed by atoms with E-state index in [-0.39, 0.29) is 30.6 Å². The number of imide groups is 1. The van der Waals surface area contributed by atoms with E-state index in [1.807, 2.05) is 0 Å². The van der Waals surface area contributed by atoms with Crippen LogP contribution in [-0.4, -0.2) is 47.8 Å². The Bertz CT molecular complexity index is 767. The third-order valence-corrected chi connectivity index (χ3v) is 3.70. The number of carbonyl (C=O) groups excluding carboxylic acids is 3. The van der Waals surface area contributed by atoms with Crippen LogP contribution in [0.5, 0.6) is 5.75 Å². The van der Waals surface area contributed by atoms with Gasteiger partial charge in [-0.15, -0.1) is 0 Å². The molecule has 1 N–H and O–H groups in total. The van der Waals surface area contributed by atoms with Gasteiger partial charge in [0.25, 0.3) is 17.7 Å². The number of ether oxygens (including phenoxy) is 1. The summed E-state index contributed by atoms with van der Waals surface area (Å²) in [4.78, 5) is 41.4. The number of aromatic nitrogens is 1. The van der Waals surface area contributed by atoms with Gasteiger partial charge >= 0.3 is 0 Å². The standard InChI is InChI=1S/C17H15N3O4/c1-24-12-6-4-11(5-7-12)15(21)19-9-10-20-16(22)13-3-2-8-18-14(13)17(20)23/h2-8H,9-10H2,1H3,(H,19,21). The fourth-order valence-electron chi connectivity index (χ4n) is 2.44. The van der Waals surface area contributed by atoms with Crippen LogP contribution in [0.25, 0.3) is 0 Å². The second-order valence-electron chi connectivity index (χ2n) is 5.15. The molecule has 3 amide bonds. The first-order valence-electron chi connectivity index (χ1n) is 7.35. The Morgan fingerprint density at radius 2 is 1.92 bits per heavy atom. The highest BCUT2D eigenvalue weighted by Crippen LogP contribution is 2.19. The molecule has 0 spiro atoms. The quantitative estimate of drug-likeness (QED) is 0.832. The van der Waals surface area contributed by atoms with E-state index >= 15 is 0 Å². The molecule has 1 aromatic heterocycles. The third kappa shape index (κ3) is 2.83. The highest BCUT2D eigenvalue weighted by Gasteiger charge is 2.36. The van der Waals surface area contributed by atoms with Crippen molar-refractivity contribution in [1.29, 1.82) is 0 Å². The first kappa shape index (κ1) is 15.7. The number of pyridine rings is 1. The van der Waals surface area contributed by atoms with Gasteiger partial charge < -0.3 is 10.1 Å². The van der Waals surface area contributed by atoms with Crippen molar-refractivity contribution in [2.24, 2.45) is 0 Å². The monoisotopic (exact) mass is 325 g/mol. The van der Waals surface area contributed by atoms with Crippen molar-refractivity contribution < 1.29 is 19.1 Å². The summed E-state index contributed by atoms with van der Waals surface area (Å²) in [6.07, 6.45) is 1.47.